The maximum absolute atomic E-state index is 13.0. The van der Waals surface area contributed by atoms with Crippen LogP contribution >= 0.6 is 0 Å². The number of esters is 2. The minimum absolute atomic E-state index is 0.235. The maximum atomic E-state index is 13.0. The van der Waals surface area contributed by atoms with E-state index in [9.17, 15) is 14.4 Å². The predicted molar refractivity (Wildman–Crippen MR) is 104 cm³/mol. The lowest BCUT2D eigenvalue weighted by molar-refractivity contribution is -0.157. The van der Waals surface area contributed by atoms with Crippen molar-refractivity contribution in [3.8, 4) is 0 Å². The molecule has 6 nitrogen and oxygen atoms in total. The zero-order valence-corrected chi connectivity index (χ0v) is 17.5. The summed E-state index contributed by atoms with van der Waals surface area (Å²) in [7, 11) is 0. The molecule has 2 aliphatic rings. The van der Waals surface area contributed by atoms with Crippen LogP contribution in [0.25, 0.3) is 0 Å². The van der Waals surface area contributed by atoms with Crippen molar-refractivity contribution in [2.45, 2.75) is 78.3 Å². The van der Waals surface area contributed by atoms with Crippen molar-refractivity contribution in [1.82, 2.24) is 0 Å². The second kappa shape index (κ2) is 8.43. The quantitative estimate of drug-likeness (QED) is 0.287. The van der Waals surface area contributed by atoms with Gasteiger partial charge in [-0.2, -0.15) is 0 Å². The largest absolute Gasteiger partial charge is 0.458 e. The van der Waals surface area contributed by atoms with Crippen LogP contribution in [0.2, 0.25) is 0 Å². The monoisotopic (exact) mass is 390 g/mol. The third kappa shape index (κ3) is 4.61. The number of ether oxygens (including phenoxy) is 3. The van der Waals surface area contributed by atoms with E-state index in [1.807, 2.05) is 19.9 Å². The molecule has 0 aromatic carbocycles. The first-order chi connectivity index (χ1) is 13.0. The van der Waals surface area contributed by atoms with Crippen molar-refractivity contribution in [2.75, 3.05) is 0 Å². The minimum atomic E-state index is -1.01. The van der Waals surface area contributed by atoms with Crippen molar-refractivity contribution in [1.29, 1.82) is 0 Å². The van der Waals surface area contributed by atoms with Crippen LogP contribution in [0.3, 0.4) is 0 Å². The van der Waals surface area contributed by atoms with E-state index in [2.05, 4.69) is 6.58 Å². The molecule has 0 spiro atoms. The van der Waals surface area contributed by atoms with Crippen molar-refractivity contribution in [2.24, 2.45) is 5.92 Å². The summed E-state index contributed by atoms with van der Waals surface area (Å²) < 4.78 is 16.6. The maximum Gasteiger partial charge on any atom is 0.334 e. The van der Waals surface area contributed by atoms with Crippen molar-refractivity contribution in [3.63, 3.8) is 0 Å². The Morgan fingerprint density at radius 3 is 2.50 bits per heavy atom. The second-order valence-corrected chi connectivity index (χ2v) is 7.91. The summed E-state index contributed by atoms with van der Waals surface area (Å²) in [6.45, 7) is 14.4. The molecule has 5 atom stereocenters. The zero-order valence-electron chi connectivity index (χ0n) is 17.5. The van der Waals surface area contributed by atoms with Gasteiger partial charge in [-0.05, 0) is 46.6 Å². The summed E-state index contributed by atoms with van der Waals surface area (Å²) in [6.07, 6.45) is 2.67. The standard InChI is InChI=1S/C22H30O6/c1-8-13(4)21(25)27-19-16(11-18-22(7,28-18)20(19)24)14(5)17(26-15(6)23)10-9-12(2)3/h8-9,16-19H,5,10-11H2,1-4,6-7H3/b13-8-/t16-,17?,18-,19-,22-/m1/s1. The van der Waals surface area contributed by atoms with Crippen LogP contribution in [-0.4, -0.2) is 41.6 Å². The number of fused-ring (bicyclic) bond motifs is 1. The highest BCUT2D eigenvalue weighted by Crippen LogP contribution is 2.50. The Bertz CT molecular complexity index is 742. The first-order valence-electron chi connectivity index (χ1n) is 9.56. The van der Waals surface area contributed by atoms with Crippen LogP contribution in [0.4, 0.5) is 0 Å². The topological polar surface area (TPSA) is 82.2 Å². The average Bonchev–Trinajstić information content (AvgIpc) is 3.30. The summed E-state index contributed by atoms with van der Waals surface area (Å²) >= 11 is 0. The second-order valence-electron chi connectivity index (χ2n) is 7.91. The van der Waals surface area contributed by atoms with Gasteiger partial charge in [-0.3, -0.25) is 9.59 Å². The third-order valence-electron chi connectivity index (χ3n) is 5.45. The molecule has 0 N–H and O–H groups in total. The van der Waals surface area contributed by atoms with Gasteiger partial charge in [0.2, 0.25) is 5.78 Å². The molecule has 1 aliphatic heterocycles. The van der Waals surface area contributed by atoms with Crippen LogP contribution < -0.4 is 0 Å². The highest BCUT2D eigenvalue weighted by atomic mass is 16.6. The third-order valence-corrected chi connectivity index (χ3v) is 5.45. The van der Waals surface area contributed by atoms with E-state index in [1.54, 1.807) is 26.8 Å². The average molecular weight is 390 g/mol. The summed E-state index contributed by atoms with van der Waals surface area (Å²) in [6, 6.07) is 0. The van der Waals surface area contributed by atoms with Crippen LogP contribution in [0, 0.1) is 5.92 Å². The molecule has 2 rings (SSSR count). The van der Waals surface area contributed by atoms with Gasteiger partial charge in [-0.25, -0.2) is 4.79 Å². The first-order valence-corrected chi connectivity index (χ1v) is 9.56. The Morgan fingerprint density at radius 1 is 1.32 bits per heavy atom. The van der Waals surface area contributed by atoms with Crippen LogP contribution in [-0.2, 0) is 28.6 Å². The molecular weight excluding hydrogens is 360 g/mol. The number of rotatable bonds is 7. The highest BCUT2D eigenvalue weighted by Gasteiger charge is 2.66. The number of allylic oxidation sites excluding steroid dienone is 2. The molecule has 0 aromatic rings. The van der Waals surface area contributed by atoms with Gasteiger partial charge in [0.15, 0.2) is 11.7 Å². The Morgan fingerprint density at radius 2 is 1.96 bits per heavy atom. The fourth-order valence-corrected chi connectivity index (χ4v) is 3.44. The number of ketones is 1. The van der Waals surface area contributed by atoms with Gasteiger partial charge in [0.05, 0.1) is 6.10 Å². The molecule has 1 unspecified atom stereocenters. The lowest BCUT2D eigenvalue weighted by Gasteiger charge is -2.34. The Labute approximate surface area is 166 Å². The fourth-order valence-electron chi connectivity index (χ4n) is 3.44. The van der Waals surface area contributed by atoms with Gasteiger partial charge in [-0.1, -0.05) is 24.3 Å². The number of epoxide rings is 1. The number of Topliss-reactive ketones (excluding diaryl/α,β-unsaturated/α-hetero) is 1. The lowest BCUT2D eigenvalue weighted by Crippen LogP contribution is -2.49. The summed E-state index contributed by atoms with van der Waals surface area (Å²) in [5, 5.41) is 0. The number of carbonyl (C=O) groups excluding carboxylic acids is 3. The molecule has 2 fully saturated rings. The SMILES string of the molecule is C=C(C(CC=C(C)C)OC(C)=O)[C@H]1C[C@H]2O[C@@]2(C)C(=O)[C@@H]1OC(=O)/C(C)=C\C. The fraction of sp³-hybridized carbons (Fsp3) is 0.591. The lowest BCUT2D eigenvalue weighted by atomic mass is 9.74. The normalized spacial score (nSPS) is 30.0. The highest BCUT2D eigenvalue weighted by molar-refractivity contribution is 5.98. The molecule has 0 bridgehead atoms. The molecular formula is C22H30O6. The van der Waals surface area contributed by atoms with Gasteiger partial charge < -0.3 is 14.2 Å². The molecule has 1 aliphatic carbocycles. The molecule has 0 radical (unpaired) electrons. The van der Waals surface area contributed by atoms with Gasteiger partial charge in [-0.15, -0.1) is 0 Å². The van der Waals surface area contributed by atoms with Crippen LogP contribution in [0.1, 0.15) is 54.4 Å². The predicted octanol–water partition coefficient (Wildman–Crippen LogP) is 3.46. The van der Waals surface area contributed by atoms with E-state index in [4.69, 9.17) is 14.2 Å². The van der Waals surface area contributed by atoms with E-state index in [1.165, 1.54) is 6.92 Å². The van der Waals surface area contributed by atoms with E-state index in [0.717, 1.165) is 5.57 Å². The molecule has 1 heterocycles. The molecule has 6 heteroatoms. The molecule has 154 valence electrons. The molecule has 28 heavy (non-hydrogen) atoms. The smallest absolute Gasteiger partial charge is 0.334 e. The van der Waals surface area contributed by atoms with Crippen LogP contribution in [0.5, 0.6) is 0 Å². The van der Waals surface area contributed by atoms with Crippen molar-refractivity contribution < 1.29 is 28.6 Å². The Balaban J connectivity index is 2.30. The van der Waals surface area contributed by atoms with E-state index >= 15 is 0 Å². The van der Waals surface area contributed by atoms with Gasteiger partial charge >= 0.3 is 11.9 Å². The molecule has 0 aromatic heterocycles. The van der Waals surface area contributed by atoms with Gasteiger partial charge in [0.25, 0.3) is 0 Å². The Kier molecular flexibility index (Phi) is 6.65. The molecule has 1 saturated heterocycles. The van der Waals surface area contributed by atoms with Crippen molar-refractivity contribution in [3.05, 3.63) is 35.5 Å². The van der Waals surface area contributed by atoms with Gasteiger partial charge in [0, 0.05) is 24.8 Å². The summed E-state index contributed by atoms with van der Waals surface area (Å²) in [5.41, 5.74) is 1.15. The van der Waals surface area contributed by atoms with E-state index < -0.39 is 35.7 Å². The van der Waals surface area contributed by atoms with Gasteiger partial charge in [0.1, 0.15) is 6.10 Å². The summed E-state index contributed by atoms with van der Waals surface area (Å²) in [4.78, 5) is 36.9. The Hall–Kier alpha value is -2.21. The molecule has 0 amide bonds. The number of hydrogen-bond acceptors (Lipinski definition) is 6. The number of carbonyl (C=O) groups is 3. The van der Waals surface area contributed by atoms with Crippen molar-refractivity contribution >= 4 is 17.7 Å². The van der Waals surface area contributed by atoms with E-state index in [0.29, 0.717) is 24.0 Å². The minimum Gasteiger partial charge on any atom is -0.458 e. The molecule has 1 saturated carbocycles. The first kappa shape index (κ1) is 22.1. The summed E-state index contributed by atoms with van der Waals surface area (Å²) in [5.74, 6) is -1.72. The zero-order chi connectivity index (χ0) is 21.2. The number of hydrogen-bond donors (Lipinski definition) is 0. The van der Waals surface area contributed by atoms with Crippen LogP contribution in [0.15, 0.2) is 35.5 Å². The van der Waals surface area contributed by atoms with E-state index in [-0.39, 0.29) is 11.9 Å².